The number of fused-ring (bicyclic) bond motifs is 1. The summed E-state index contributed by atoms with van der Waals surface area (Å²) < 4.78 is 11.4. The Morgan fingerprint density at radius 1 is 1.09 bits per heavy atom. The number of thioether (sulfide) groups is 1. The van der Waals surface area contributed by atoms with Gasteiger partial charge in [-0.05, 0) is 17.7 Å². The first-order chi connectivity index (χ1) is 16.1. The van der Waals surface area contributed by atoms with Gasteiger partial charge < -0.3 is 19.7 Å². The smallest absolute Gasteiger partial charge is 0.234 e. The summed E-state index contributed by atoms with van der Waals surface area (Å²) in [5.74, 6) is 1.21. The van der Waals surface area contributed by atoms with Crippen molar-refractivity contribution in [3.8, 4) is 11.5 Å². The maximum atomic E-state index is 12.5. The van der Waals surface area contributed by atoms with Crippen LogP contribution in [0.25, 0.3) is 10.3 Å². The molecule has 1 N–H and O–H groups in total. The van der Waals surface area contributed by atoms with E-state index in [4.69, 9.17) is 9.47 Å². The maximum absolute atomic E-state index is 12.5. The van der Waals surface area contributed by atoms with Gasteiger partial charge in [0.2, 0.25) is 5.91 Å². The van der Waals surface area contributed by atoms with Crippen LogP contribution in [0.15, 0.2) is 59.9 Å². The van der Waals surface area contributed by atoms with E-state index in [0.717, 1.165) is 21.4 Å². The van der Waals surface area contributed by atoms with Crippen LogP contribution in [-0.2, 0) is 11.3 Å². The monoisotopic (exact) mass is 481 g/mol. The molecule has 2 aromatic heterocycles. The Balaban J connectivity index is 1.43. The van der Waals surface area contributed by atoms with Gasteiger partial charge in [-0.15, -0.1) is 0 Å². The van der Waals surface area contributed by atoms with Gasteiger partial charge in [-0.3, -0.25) is 4.79 Å². The highest BCUT2D eigenvalue weighted by Crippen LogP contribution is 2.34. The van der Waals surface area contributed by atoms with Gasteiger partial charge >= 0.3 is 0 Å². The second kappa shape index (κ2) is 10.5. The fraction of sp³-hybridized carbons (Fsp3) is 0.217. The fourth-order valence-electron chi connectivity index (χ4n) is 3.16. The molecule has 8 nitrogen and oxygen atoms in total. The van der Waals surface area contributed by atoms with Gasteiger partial charge in [0.15, 0.2) is 22.3 Å². The van der Waals surface area contributed by atoms with Crippen molar-refractivity contribution in [3.63, 3.8) is 0 Å². The molecule has 0 fully saturated rings. The van der Waals surface area contributed by atoms with Gasteiger partial charge in [-0.2, -0.15) is 4.98 Å². The molecule has 0 bridgehead atoms. The Labute approximate surface area is 200 Å². The van der Waals surface area contributed by atoms with Gasteiger partial charge in [-0.1, -0.05) is 53.4 Å². The van der Waals surface area contributed by atoms with Crippen molar-refractivity contribution in [1.82, 2.24) is 15.0 Å². The number of benzene rings is 2. The second-order valence-electron chi connectivity index (χ2n) is 7.08. The number of ether oxygens (including phenoxy) is 2. The Kier molecular flexibility index (Phi) is 7.26. The molecule has 0 atom stereocenters. The van der Waals surface area contributed by atoms with E-state index in [9.17, 15) is 4.79 Å². The van der Waals surface area contributed by atoms with Crippen LogP contribution in [0.5, 0.6) is 11.5 Å². The summed E-state index contributed by atoms with van der Waals surface area (Å²) in [6, 6.07) is 15.5. The van der Waals surface area contributed by atoms with Crippen molar-refractivity contribution in [2.45, 2.75) is 11.6 Å². The van der Waals surface area contributed by atoms with Gasteiger partial charge in [0, 0.05) is 25.3 Å². The van der Waals surface area contributed by atoms with E-state index in [1.165, 1.54) is 35.0 Å². The summed E-state index contributed by atoms with van der Waals surface area (Å²) in [6.45, 7) is 0.740. The number of amides is 1. The number of thiazole rings is 1. The summed E-state index contributed by atoms with van der Waals surface area (Å²) in [6.07, 6.45) is 1.48. The zero-order chi connectivity index (χ0) is 23.2. The molecule has 0 spiro atoms. The molecule has 0 radical (unpaired) electrons. The topological polar surface area (TPSA) is 89.5 Å². The van der Waals surface area contributed by atoms with E-state index in [2.05, 4.69) is 37.3 Å². The van der Waals surface area contributed by atoms with Crippen LogP contribution in [0.3, 0.4) is 0 Å². The minimum atomic E-state index is -0.148. The van der Waals surface area contributed by atoms with E-state index < -0.39 is 0 Å². The molecule has 0 aliphatic heterocycles. The van der Waals surface area contributed by atoms with Crippen molar-refractivity contribution in [2.75, 3.05) is 37.2 Å². The summed E-state index contributed by atoms with van der Waals surface area (Å²) >= 11 is 2.88. The molecule has 170 valence electrons. The molecule has 33 heavy (non-hydrogen) atoms. The van der Waals surface area contributed by atoms with Gasteiger partial charge in [0.1, 0.15) is 16.1 Å². The van der Waals surface area contributed by atoms with Gasteiger partial charge in [0.05, 0.1) is 20.0 Å². The Hall–Kier alpha value is -3.37. The first-order valence-electron chi connectivity index (χ1n) is 10.1. The average molecular weight is 482 g/mol. The molecule has 0 saturated heterocycles. The number of aromatic nitrogens is 3. The third kappa shape index (κ3) is 5.52. The summed E-state index contributed by atoms with van der Waals surface area (Å²) in [5.41, 5.74) is 2.47. The van der Waals surface area contributed by atoms with E-state index in [0.29, 0.717) is 22.8 Å². The third-order valence-corrected chi connectivity index (χ3v) is 7.03. The molecule has 2 aromatic carbocycles. The largest absolute Gasteiger partial charge is 0.493 e. The van der Waals surface area contributed by atoms with E-state index in [1.807, 2.05) is 25.2 Å². The summed E-state index contributed by atoms with van der Waals surface area (Å²) in [5, 5.41) is 4.47. The van der Waals surface area contributed by atoms with Crippen LogP contribution in [0.4, 0.5) is 10.8 Å². The molecule has 0 saturated carbocycles. The lowest BCUT2D eigenvalue weighted by atomic mass is 10.2. The number of hydrogen-bond donors (Lipinski definition) is 1. The molecule has 1 amide bonds. The minimum absolute atomic E-state index is 0.148. The first-order valence-corrected chi connectivity index (χ1v) is 11.9. The Morgan fingerprint density at radius 2 is 1.88 bits per heavy atom. The molecule has 0 aliphatic rings. The van der Waals surface area contributed by atoms with Crippen molar-refractivity contribution in [3.05, 3.63) is 60.4 Å². The van der Waals surface area contributed by atoms with Crippen LogP contribution in [-0.4, -0.2) is 47.9 Å². The van der Waals surface area contributed by atoms with E-state index in [-0.39, 0.29) is 11.7 Å². The van der Waals surface area contributed by atoms with Crippen LogP contribution in [0.2, 0.25) is 0 Å². The molecular formula is C23H23N5O3S2. The summed E-state index contributed by atoms with van der Waals surface area (Å²) in [7, 11) is 5.13. The Bertz CT molecular complexity index is 1250. The van der Waals surface area contributed by atoms with Gasteiger partial charge in [-0.25, -0.2) is 9.97 Å². The highest BCUT2D eigenvalue weighted by Gasteiger charge is 2.15. The molecule has 4 rings (SSSR count). The number of hydrogen-bond acceptors (Lipinski definition) is 9. The maximum Gasteiger partial charge on any atom is 0.234 e. The van der Waals surface area contributed by atoms with Crippen molar-refractivity contribution < 1.29 is 14.3 Å². The molecule has 10 heteroatoms. The first kappa shape index (κ1) is 22.8. The van der Waals surface area contributed by atoms with Crippen LogP contribution in [0, 0.1) is 0 Å². The van der Waals surface area contributed by atoms with Gasteiger partial charge in [0.25, 0.3) is 0 Å². The molecular weight excluding hydrogens is 458 g/mol. The molecule has 4 aromatic rings. The SMILES string of the molecule is COc1ccc(NC(=O)CSc2ncnc3nc(N(C)Cc4ccccc4)sc23)cc1OC. The normalized spacial score (nSPS) is 10.8. The predicted molar refractivity (Wildman–Crippen MR) is 133 cm³/mol. The zero-order valence-electron chi connectivity index (χ0n) is 18.4. The standard InChI is InChI=1S/C23H23N5O3S2/c1-28(12-15-7-5-4-6-8-15)23-27-21-20(33-23)22(25-14-24-21)32-13-19(29)26-16-9-10-17(30-2)18(11-16)31-3/h4-11,14H,12-13H2,1-3H3,(H,26,29). The van der Waals surface area contributed by atoms with Crippen LogP contribution in [0.1, 0.15) is 5.56 Å². The lowest BCUT2D eigenvalue weighted by molar-refractivity contribution is -0.113. The Morgan fingerprint density at radius 3 is 2.64 bits per heavy atom. The quantitative estimate of drug-likeness (QED) is 0.277. The minimum Gasteiger partial charge on any atom is -0.493 e. The number of carbonyl (C=O) groups is 1. The second-order valence-corrected chi connectivity index (χ2v) is 9.02. The van der Waals surface area contributed by atoms with E-state index in [1.54, 1.807) is 32.4 Å². The third-order valence-electron chi connectivity index (χ3n) is 4.74. The fourth-order valence-corrected chi connectivity index (χ4v) is 5.01. The average Bonchev–Trinajstić information content (AvgIpc) is 3.28. The lowest BCUT2D eigenvalue weighted by Gasteiger charge is -2.15. The highest BCUT2D eigenvalue weighted by atomic mass is 32.2. The molecule has 2 heterocycles. The number of methoxy groups -OCH3 is 2. The van der Waals surface area contributed by atoms with Crippen LogP contribution < -0.4 is 19.7 Å². The highest BCUT2D eigenvalue weighted by molar-refractivity contribution is 8.00. The number of carbonyl (C=O) groups excluding carboxylic acids is 1. The number of rotatable bonds is 9. The molecule has 0 unspecified atom stereocenters. The van der Waals surface area contributed by atoms with Crippen LogP contribution >= 0.6 is 23.1 Å². The predicted octanol–water partition coefficient (Wildman–Crippen LogP) is 4.47. The van der Waals surface area contributed by atoms with Crippen molar-refractivity contribution in [1.29, 1.82) is 0 Å². The molecule has 0 aliphatic carbocycles. The zero-order valence-corrected chi connectivity index (χ0v) is 20.1. The number of nitrogens with one attached hydrogen (secondary N) is 1. The van der Waals surface area contributed by atoms with Crippen molar-refractivity contribution >= 4 is 50.2 Å². The van der Waals surface area contributed by atoms with E-state index >= 15 is 0 Å². The number of nitrogens with zero attached hydrogens (tertiary/aromatic N) is 4. The summed E-state index contributed by atoms with van der Waals surface area (Å²) in [4.78, 5) is 27.9. The lowest BCUT2D eigenvalue weighted by Crippen LogP contribution is -2.15. The number of anilines is 2. The van der Waals surface area contributed by atoms with Crippen molar-refractivity contribution in [2.24, 2.45) is 0 Å².